The van der Waals surface area contributed by atoms with Crippen molar-refractivity contribution >= 4 is 17.7 Å². The first kappa shape index (κ1) is 14.1. The lowest BCUT2D eigenvalue weighted by molar-refractivity contribution is 0.0571. The lowest BCUT2D eigenvalue weighted by Crippen LogP contribution is -2.50. The second kappa shape index (κ2) is 6.23. The minimum atomic E-state index is -0.331. The van der Waals surface area contributed by atoms with Crippen LogP contribution in [0, 0.1) is 0 Å². The van der Waals surface area contributed by atoms with Gasteiger partial charge in [0.05, 0.1) is 24.1 Å². The number of rotatable bonds is 2. The molecule has 1 aliphatic heterocycles. The lowest BCUT2D eigenvalue weighted by Gasteiger charge is -2.34. The summed E-state index contributed by atoms with van der Waals surface area (Å²) in [6, 6.07) is 1.61. The van der Waals surface area contributed by atoms with Crippen molar-refractivity contribution in [3.8, 4) is 0 Å². The Balaban J connectivity index is 1.96. The van der Waals surface area contributed by atoms with Crippen LogP contribution in [0.5, 0.6) is 0 Å². The zero-order valence-corrected chi connectivity index (χ0v) is 11.4. The SMILES string of the molecule is CCOC(=O)N1CCN(C(=O)c2ccncc2N)CC1. The summed E-state index contributed by atoms with van der Waals surface area (Å²) in [6.45, 7) is 4.00. The second-order valence-corrected chi connectivity index (χ2v) is 4.44. The van der Waals surface area contributed by atoms with Crippen LogP contribution in [0.2, 0.25) is 0 Å². The molecule has 0 aliphatic carbocycles. The van der Waals surface area contributed by atoms with Crippen molar-refractivity contribution in [1.82, 2.24) is 14.8 Å². The highest BCUT2D eigenvalue weighted by molar-refractivity contribution is 5.99. The van der Waals surface area contributed by atoms with Gasteiger partial charge in [0, 0.05) is 32.4 Å². The van der Waals surface area contributed by atoms with Crippen LogP contribution < -0.4 is 5.73 Å². The predicted octanol–water partition coefficient (Wildman–Crippen LogP) is 0.578. The maximum absolute atomic E-state index is 12.3. The van der Waals surface area contributed by atoms with E-state index in [9.17, 15) is 9.59 Å². The van der Waals surface area contributed by atoms with Crippen molar-refractivity contribution in [2.24, 2.45) is 0 Å². The molecule has 2 rings (SSSR count). The van der Waals surface area contributed by atoms with Crippen LogP contribution in [-0.4, -0.2) is 59.6 Å². The van der Waals surface area contributed by atoms with Crippen LogP contribution in [0.1, 0.15) is 17.3 Å². The first-order valence-corrected chi connectivity index (χ1v) is 6.54. The first-order chi connectivity index (χ1) is 9.63. The third kappa shape index (κ3) is 2.98. The van der Waals surface area contributed by atoms with Crippen molar-refractivity contribution in [3.05, 3.63) is 24.0 Å². The van der Waals surface area contributed by atoms with Crippen molar-refractivity contribution in [3.63, 3.8) is 0 Å². The average molecular weight is 278 g/mol. The Bertz CT molecular complexity index is 498. The third-order valence-corrected chi connectivity index (χ3v) is 3.18. The number of carbonyl (C=O) groups is 2. The highest BCUT2D eigenvalue weighted by Crippen LogP contribution is 2.14. The van der Waals surface area contributed by atoms with Crippen molar-refractivity contribution in [2.75, 3.05) is 38.5 Å². The number of hydrogen-bond donors (Lipinski definition) is 1. The van der Waals surface area contributed by atoms with Crippen LogP contribution in [0.3, 0.4) is 0 Å². The van der Waals surface area contributed by atoms with Gasteiger partial charge in [0.25, 0.3) is 5.91 Å². The average Bonchev–Trinajstić information content (AvgIpc) is 2.47. The number of ether oxygens (including phenoxy) is 1. The number of aromatic nitrogens is 1. The molecule has 1 aliphatic rings. The Morgan fingerprint density at radius 2 is 1.95 bits per heavy atom. The smallest absolute Gasteiger partial charge is 0.409 e. The molecule has 0 bridgehead atoms. The van der Waals surface area contributed by atoms with E-state index >= 15 is 0 Å². The van der Waals surface area contributed by atoms with Gasteiger partial charge in [-0.2, -0.15) is 0 Å². The van der Waals surface area contributed by atoms with Gasteiger partial charge in [-0.1, -0.05) is 0 Å². The Morgan fingerprint density at radius 3 is 2.55 bits per heavy atom. The fourth-order valence-electron chi connectivity index (χ4n) is 2.08. The summed E-state index contributed by atoms with van der Waals surface area (Å²) in [5.74, 6) is -0.131. The maximum atomic E-state index is 12.3. The number of pyridine rings is 1. The van der Waals surface area contributed by atoms with Crippen molar-refractivity contribution < 1.29 is 14.3 Å². The zero-order valence-electron chi connectivity index (χ0n) is 11.4. The molecule has 2 amide bonds. The van der Waals surface area contributed by atoms with Gasteiger partial charge in [-0.05, 0) is 13.0 Å². The monoisotopic (exact) mass is 278 g/mol. The molecular formula is C13H18N4O3. The summed E-state index contributed by atoms with van der Waals surface area (Å²) in [5, 5.41) is 0. The highest BCUT2D eigenvalue weighted by Gasteiger charge is 2.26. The normalized spacial score (nSPS) is 15.1. The van der Waals surface area contributed by atoms with Crippen LogP contribution in [0.25, 0.3) is 0 Å². The summed E-state index contributed by atoms with van der Waals surface area (Å²) >= 11 is 0. The minimum absolute atomic E-state index is 0.131. The largest absolute Gasteiger partial charge is 0.450 e. The molecule has 0 radical (unpaired) electrons. The summed E-state index contributed by atoms with van der Waals surface area (Å²) in [4.78, 5) is 31.0. The molecule has 1 aromatic heterocycles. The maximum Gasteiger partial charge on any atom is 0.409 e. The van der Waals surface area contributed by atoms with Crippen LogP contribution in [0.15, 0.2) is 18.5 Å². The topological polar surface area (TPSA) is 88.8 Å². The minimum Gasteiger partial charge on any atom is -0.450 e. The standard InChI is InChI=1S/C13H18N4O3/c1-2-20-13(19)17-7-5-16(6-8-17)12(18)10-3-4-15-9-11(10)14/h3-4,9H,2,5-8,14H2,1H3. The molecule has 108 valence electrons. The van der Waals surface area contributed by atoms with Crippen molar-refractivity contribution in [2.45, 2.75) is 6.92 Å². The van der Waals surface area contributed by atoms with Gasteiger partial charge in [-0.25, -0.2) is 4.79 Å². The van der Waals surface area contributed by atoms with E-state index < -0.39 is 0 Å². The number of hydrogen-bond acceptors (Lipinski definition) is 5. The molecule has 0 aromatic carbocycles. The van der Waals surface area contributed by atoms with Crippen LogP contribution in [0.4, 0.5) is 10.5 Å². The van der Waals surface area contributed by atoms with Gasteiger partial charge in [-0.15, -0.1) is 0 Å². The van der Waals surface area contributed by atoms with E-state index in [-0.39, 0.29) is 12.0 Å². The fourth-order valence-corrected chi connectivity index (χ4v) is 2.08. The van der Waals surface area contributed by atoms with Gasteiger partial charge in [-0.3, -0.25) is 9.78 Å². The van der Waals surface area contributed by atoms with Gasteiger partial charge in [0.1, 0.15) is 0 Å². The summed E-state index contributed by atoms with van der Waals surface area (Å²) in [5.41, 5.74) is 6.56. The molecule has 1 saturated heterocycles. The molecular weight excluding hydrogens is 260 g/mol. The van der Waals surface area contributed by atoms with Gasteiger partial charge < -0.3 is 20.3 Å². The summed E-state index contributed by atoms with van der Waals surface area (Å²) in [6.07, 6.45) is 2.67. The molecule has 0 saturated carbocycles. The molecule has 7 nitrogen and oxygen atoms in total. The zero-order chi connectivity index (χ0) is 14.5. The van der Waals surface area contributed by atoms with E-state index in [4.69, 9.17) is 10.5 Å². The molecule has 0 unspecified atom stereocenters. The summed E-state index contributed by atoms with van der Waals surface area (Å²) < 4.78 is 4.94. The summed E-state index contributed by atoms with van der Waals surface area (Å²) in [7, 11) is 0. The Kier molecular flexibility index (Phi) is 4.39. The Morgan fingerprint density at radius 1 is 1.30 bits per heavy atom. The molecule has 7 heteroatoms. The van der Waals surface area contributed by atoms with E-state index in [0.717, 1.165) is 0 Å². The van der Waals surface area contributed by atoms with Crippen LogP contribution in [-0.2, 0) is 4.74 Å². The number of nitrogens with zero attached hydrogens (tertiary/aromatic N) is 3. The van der Waals surface area contributed by atoms with E-state index in [1.54, 1.807) is 29.0 Å². The molecule has 1 fully saturated rings. The molecule has 20 heavy (non-hydrogen) atoms. The number of anilines is 1. The fraction of sp³-hybridized carbons (Fsp3) is 0.462. The number of piperazine rings is 1. The number of nitrogen functional groups attached to an aromatic ring is 1. The lowest BCUT2D eigenvalue weighted by atomic mass is 10.2. The number of carbonyl (C=O) groups excluding carboxylic acids is 2. The Hall–Kier alpha value is -2.31. The molecule has 0 spiro atoms. The van der Waals surface area contributed by atoms with Crippen molar-refractivity contribution in [1.29, 1.82) is 0 Å². The second-order valence-electron chi connectivity index (χ2n) is 4.44. The number of amides is 2. The van der Waals surface area contributed by atoms with E-state index in [0.29, 0.717) is 44.0 Å². The highest BCUT2D eigenvalue weighted by atomic mass is 16.6. The van der Waals surface area contributed by atoms with E-state index in [2.05, 4.69) is 4.98 Å². The third-order valence-electron chi connectivity index (χ3n) is 3.18. The van der Waals surface area contributed by atoms with E-state index in [1.807, 2.05) is 0 Å². The first-order valence-electron chi connectivity index (χ1n) is 6.54. The van der Waals surface area contributed by atoms with Gasteiger partial charge >= 0.3 is 6.09 Å². The molecule has 2 heterocycles. The quantitative estimate of drug-likeness (QED) is 0.854. The molecule has 0 atom stereocenters. The molecule has 2 N–H and O–H groups in total. The van der Waals surface area contributed by atoms with Crippen LogP contribution >= 0.6 is 0 Å². The Labute approximate surface area is 117 Å². The predicted molar refractivity (Wildman–Crippen MR) is 73.1 cm³/mol. The van der Waals surface area contributed by atoms with Gasteiger partial charge in [0.2, 0.25) is 0 Å². The van der Waals surface area contributed by atoms with E-state index in [1.165, 1.54) is 6.20 Å². The molecule has 1 aromatic rings. The van der Waals surface area contributed by atoms with Gasteiger partial charge in [0.15, 0.2) is 0 Å². The number of nitrogens with two attached hydrogens (primary N) is 1.